The fourth-order valence-electron chi connectivity index (χ4n) is 2.85. The topological polar surface area (TPSA) is 78.0 Å². The number of benzene rings is 1. The summed E-state index contributed by atoms with van der Waals surface area (Å²) in [6.07, 6.45) is 1.97. The van der Waals surface area contributed by atoms with Gasteiger partial charge in [0.25, 0.3) is 0 Å². The minimum absolute atomic E-state index is 0.0182. The second kappa shape index (κ2) is 10.2. The summed E-state index contributed by atoms with van der Waals surface area (Å²) in [4.78, 5) is 29.7. The fraction of sp³-hybridized carbons (Fsp3) is 0.136. The van der Waals surface area contributed by atoms with E-state index in [4.69, 9.17) is 37.4 Å². The third kappa shape index (κ3) is 5.35. The Morgan fingerprint density at radius 1 is 1.00 bits per heavy atom. The second-order valence-electron chi connectivity index (χ2n) is 6.54. The molecule has 12 heteroatoms. The Labute approximate surface area is 201 Å². The molecule has 0 unspecified atom stereocenters. The first-order chi connectivity index (χ1) is 16.1. The first-order valence-electron chi connectivity index (χ1n) is 9.32. The van der Waals surface area contributed by atoms with Gasteiger partial charge in [0, 0.05) is 18.1 Å². The molecule has 2 heterocycles. The van der Waals surface area contributed by atoms with Gasteiger partial charge in [-0.2, -0.15) is 13.2 Å². The molecular formula is C22H15Cl2F3N2O5. The van der Waals surface area contributed by atoms with Gasteiger partial charge in [0.1, 0.15) is 16.5 Å². The molecule has 1 aromatic heterocycles. The molecule has 0 aliphatic carbocycles. The number of allylic oxidation sites excluding steroid dienone is 2. The Hall–Kier alpha value is -3.50. The number of hydrogen-bond donors (Lipinski definition) is 0. The number of rotatable bonds is 5. The average Bonchev–Trinajstić information content (AvgIpc) is 3.03. The van der Waals surface area contributed by atoms with Gasteiger partial charge in [0.15, 0.2) is 0 Å². The Kier molecular flexibility index (Phi) is 7.53. The molecule has 0 spiro atoms. The lowest BCUT2D eigenvalue weighted by Gasteiger charge is -2.23. The summed E-state index contributed by atoms with van der Waals surface area (Å²) in [5.41, 5.74) is -0.880. The number of nitrogens with zero attached hydrogens (tertiary/aromatic N) is 2. The molecule has 0 bridgehead atoms. The predicted octanol–water partition coefficient (Wildman–Crippen LogP) is 5.69. The maximum atomic E-state index is 12.8. The normalized spacial score (nSPS) is 13.6. The first-order valence-corrected chi connectivity index (χ1v) is 10.1. The van der Waals surface area contributed by atoms with Crippen molar-refractivity contribution in [3.8, 4) is 11.6 Å². The summed E-state index contributed by atoms with van der Waals surface area (Å²) in [5, 5.41) is -0.347. The van der Waals surface area contributed by atoms with Crippen LogP contribution in [0.4, 0.5) is 18.9 Å². The fourth-order valence-corrected chi connectivity index (χ4v) is 3.27. The van der Waals surface area contributed by atoms with Crippen molar-refractivity contribution in [2.75, 3.05) is 19.1 Å². The highest BCUT2D eigenvalue weighted by atomic mass is 35.5. The van der Waals surface area contributed by atoms with Crippen molar-refractivity contribution in [1.82, 2.24) is 4.98 Å². The van der Waals surface area contributed by atoms with Crippen molar-refractivity contribution in [3.63, 3.8) is 0 Å². The number of hydrogen-bond acceptors (Lipinski definition) is 7. The molecule has 178 valence electrons. The van der Waals surface area contributed by atoms with Gasteiger partial charge in [-0.15, -0.1) is 0 Å². The lowest BCUT2D eigenvalue weighted by Crippen LogP contribution is -2.26. The number of methoxy groups -OCH3 is 2. The van der Waals surface area contributed by atoms with Gasteiger partial charge in [0.05, 0.1) is 30.4 Å². The van der Waals surface area contributed by atoms with Crippen LogP contribution in [0.1, 0.15) is 5.56 Å². The van der Waals surface area contributed by atoms with Crippen LogP contribution in [0.25, 0.3) is 0 Å². The highest BCUT2D eigenvalue weighted by Crippen LogP contribution is 2.38. The maximum Gasteiger partial charge on any atom is 0.417 e. The third-order valence-electron chi connectivity index (χ3n) is 4.42. The summed E-state index contributed by atoms with van der Waals surface area (Å²) < 4.78 is 53.5. The van der Waals surface area contributed by atoms with E-state index in [9.17, 15) is 22.8 Å². The van der Waals surface area contributed by atoms with E-state index in [1.54, 1.807) is 6.08 Å². The van der Waals surface area contributed by atoms with Gasteiger partial charge in [-0.05, 0) is 36.4 Å². The molecule has 7 nitrogen and oxygen atoms in total. The van der Waals surface area contributed by atoms with Gasteiger partial charge < -0.3 is 19.1 Å². The minimum atomic E-state index is -4.61. The Morgan fingerprint density at radius 3 is 2.29 bits per heavy atom. The van der Waals surface area contributed by atoms with Gasteiger partial charge in [-0.1, -0.05) is 29.3 Å². The Morgan fingerprint density at radius 2 is 1.71 bits per heavy atom. The Balaban J connectivity index is 1.98. The number of anilines is 1. The van der Waals surface area contributed by atoms with Crippen LogP contribution in [0.15, 0.2) is 66.2 Å². The number of pyridine rings is 1. The van der Waals surface area contributed by atoms with E-state index >= 15 is 0 Å². The largest absolute Gasteiger partial charge is 0.465 e. The van der Waals surface area contributed by atoms with Gasteiger partial charge in [0.2, 0.25) is 5.88 Å². The molecule has 34 heavy (non-hydrogen) atoms. The summed E-state index contributed by atoms with van der Waals surface area (Å²) in [6, 6.07) is 4.98. The minimum Gasteiger partial charge on any atom is -0.465 e. The maximum absolute atomic E-state index is 12.8. The smallest absolute Gasteiger partial charge is 0.417 e. The zero-order chi connectivity index (χ0) is 25.0. The van der Waals surface area contributed by atoms with Crippen LogP contribution in [0.2, 0.25) is 10.0 Å². The standard InChI is InChI=1S/C22H15Cl2F3N2O5/c1-32-20(30)14-5-3-4-8-29(18(14)21(31)33-2)13-6-7-17(15(23)10-13)34-19-16(24)9-12(11-28-19)22(25,26)27/h3-11H,1-2H3. The number of aromatic nitrogens is 1. The summed E-state index contributed by atoms with van der Waals surface area (Å²) in [6.45, 7) is 0. The zero-order valence-electron chi connectivity index (χ0n) is 17.5. The number of alkyl halides is 3. The van der Waals surface area contributed by atoms with Gasteiger partial charge >= 0.3 is 18.1 Å². The molecule has 3 rings (SSSR count). The summed E-state index contributed by atoms with van der Waals surface area (Å²) in [5.74, 6) is -1.83. The highest BCUT2D eigenvalue weighted by Gasteiger charge is 2.32. The van der Waals surface area contributed by atoms with E-state index in [0.717, 1.165) is 7.11 Å². The number of carbonyl (C=O) groups excluding carboxylic acids is 2. The van der Waals surface area contributed by atoms with Crippen molar-refractivity contribution in [3.05, 3.63) is 81.8 Å². The lowest BCUT2D eigenvalue weighted by atomic mass is 10.1. The van der Waals surface area contributed by atoms with Crippen molar-refractivity contribution < 1.29 is 37.0 Å². The van der Waals surface area contributed by atoms with Crippen LogP contribution in [0.5, 0.6) is 11.6 Å². The average molecular weight is 515 g/mol. The van der Waals surface area contributed by atoms with Crippen LogP contribution < -0.4 is 9.64 Å². The molecule has 1 aromatic carbocycles. The molecule has 1 aliphatic heterocycles. The van der Waals surface area contributed by atoms with E-state index in [-0.39, 0.29) is 32.9 Å². The first kappa shape index (κ1) is 25.1. The van der Waals surface area contributed by atoms with Crippen molar-refractivity contribution in [1.29, 1.82) is 0 Å². The van der Waals surface area contributed by atoms with Crippen molar-refractivity contribution in [2.24, 2.45) is 0 Å². The monoisotopic (exact) mass is 514 g/mol. The molecule has 1 aliphatic rings. The zero-order valence-corrected chi connectivity index (χ0v) is 19.0. The molecule has 0 amide bonds. The summed E-state index contributed by atoms with van der Waals surface area (Å²) in [7, 11) is 2.33. The molecule has 0 saturated carbocycles. The van der Waals surface area contributed by atoms with Crippen molar-refractivity contribution in [2.45, 2.75) is 6.18 Å². The number of carbonyl (C=O) groups is 2. The number of ether oxygens (including phenoxy) is 3. The quantitative estimate of drug-likeness (QED) is 0.474. The molecule has 0 atom stereocenters. The van der Waals surface area contributed by atoms with E-state index in [0.29, 0.717) is 18.0 Å². The Bertz CT molecular complexity index is 1230. The SMILES string of the molecule is COC(=O)C1=C(C(=O)OC)N(c2ccc(Oc3ncc(C(F)(F)F)cc3Cl)c(Cl)c2)C=CC=C1. The van der Waals surface area contributed by atoms with Crippen LogP contribution in [-0.2, 0) is 25.2 Å². The molecule has 0 saturated heterocycles. The van der Waals surface area contributed by atoms with Crippen molar-refractivity contribution >= 4 is 40.8 Å². The highest BCUT2D eigenvalue weighted by molar-refractivity contribution is 6.33. The molecule has 0 N–H and O–H groups in total. The van der Waals surface area contributed by atoms with E-state index in [1.165, 1.54) is 48.6 Å². The lowest BCUT2D eigenvalue weighted by molar-refractivity contribution is -0.139. The van der Waals surface area contributed by atoms with Crippen LogP contribution in [0, 0.1) is 0 Å². The summed E-state index contributed by atoms with van der Waals surface area (Å²) >= 11 is 12.2. The van der Waals surface area contributed by atoms with Crippen LogP contribution >= 0.6 is 23.2 Å². The molecule has 0 radical (unpaired) electrons. The van der Waals surface area contributed by atoms with E-state index in [1.807, 2.05) is 0 Å². The van der Waals surface area contributed by atoms with Crippen LogP contribution in [-0.4, -0.2) is 31.1 Å². The van der Waals surface area contributed by atoms with Gasteiger partial charge in [-0.3, -0.25) is 0 Å². The third-order valence-corrected chi connectivity index (χ3v) is 4.99. The van der Waals surface area contributed by atoms with E-state index < -0.39 is 23.7 Å². The van der Waals surface area contributed by atoms with Crippen LogP contribution in [0.3, 0.4) is 0 Å². The van der Waals surface area contributed by atoms with Gasteiger partial charge in [-0.25, -0.2) is 14.6 Å². The number of esters is 2. The molecular weight excluding hydrogens is 500 g/mol. The second-order valence-corrected chi connectivity index (χ2v) is 7.36. The number of halogens is 5. The molecule has 2 aromatic rings. The van der Waals surface area contributed by atoms with E-state index in [2.05, 4.69) is 4.98 Å². The molecule has 0 fully saturated rings. The predicted molar refractivity (Wildman–Crippen MR) is 118 cm³/mol.